The predicted molar refractivity (Wildman–Crippen MR) is 150 cm³/mol. The van der Waals surface area contributed by atoms with Gasteiger partial charge < -0.3 is 9.16 Å². The minimum Gasteiger partial charge on any atom is -0.459 e. The standard InChI is InChI=1S/C31H45NO3Si/c1-30(2,3)35-28(33)22-32-27(29(32)24-16-10-7-11-17-24)23-34-36(31(4,5)6,25-18-12-8-13-19-25)26-20-14-9-15-21-26/h8-9,12-15,18-21,24,27,29H,7,10-11,16-17,22-23H2,1-6H3/t27-,29-,32?/m0/s1. The van der Waals surface area contributed by atoms with Gasteiger partial charge in [0.05, 0.1) is 13.2 Å². The van der Waals surface area contributed by atoms with Crippen LogP contribution < -0.4 is 10.4 Å². The first-order valence-electron chi connectivity index (χ1n) is 13.8. The van der Waals surface area contributed by atoms with E-state index < -0.39 is 13.9 Å². The predicted octanol–water partition coefficient (Wildman–Crippen LogP) is 5.54. The van der Waals surface area contributed by atoms with Gasteiger partial charge in [0.15, 0.2) is 0 Å². The van der Waals surface area contributed by atoms with Crippen LogP contribution in [0.25, 0.3) is 0 Å². The summed E-state index contributed by atoms with van der Waals surface area (Å²) in [7, 11) is -2.60. The van der Waals surface area contributed by atoms with Gasteiger partial charge in [-0.2, -0.15) is 0 Å². The third-order valence-electron chi connectivity index (χ3n) is 7.87. The van der Waals surface area contributed by atoms with Gasteiger partial charge in [-0.15, -0.1) is 0 Å². The lowest BCUT2D eigenvalue weighted by molar-refractivity contribution is -0.155. The summed E-state index contributed by atoms with van der Waals surface area (Å²) in [6.45, 7) is 13.8. The molecule has 4 nitrogen and oxygen atoms in total. The third kappa shape index (κ3) is 5.95. The normalized spacial score (nSPS) is 23.3. The number of ether oxygens (including phenoxy) is 1. The summed E-state index contributed by atoms with van der Waals surface area (Å²) in [5.41, 5.74) is -0.464. The average Bonchev–Trinajstić information content (AvgIpc) is 3.51. The Hall–Kier alpha value is -1.95. The largest absolute Gasteiger partial charge is 0.459 e. The molecule has 4 rings (SSSR count). The summed E-state index contributed by atoms with van der Waals surface area (Å²) in [6.07, 6.45) is 6.43. The Bertz CT molecular complexity index is 950. The molecule has 0 bridgehead atoms. The molecule has 1 saturated heterocycles. The molecule has 1 heterocycles. The Kier molecular flexibility index (Phi) is 8.13. The number of carbonyl (C=O) groups is 1. The van der Waals surface area contributed by atoms with Gasteiger partial charge in [-0.3, -0.25) is 9.69 Å². The molecule has 0 aromatic heterocycles. The van der Waals surface area contributed by atoms with Crippen molar-refractivity contribution >= 4 is 24.7 Å². The van der Waals surface area contributed by atoms with Crippen LogP contribution in [-0.2, 0) is 14.0 Å². The first kappa shape index (κ1) is 27.1. The molecular weight excluding hydrogens is 462 g/mol. The van der Waals surface area contributed by atoms with Crippen LogP contribution in [0.3, 0.4) is 0 Å². The van der Waals surface area contributed by atoms with Crippen LogP contribution in [0, 0.1) is 5.92 Å². The molecule has 5 heteroatoms. The second-order valence-corrected chi connectivity index (χ2v) is 17.0. The molecule has 1 aliphatic carbocycles. The summed E-state index contributed by atoms with van der Waals surface area (Å²) in [6, 6.07) is 22.3. The zero-order valence-electron chi connectivity index (χ0n) is 23.1. The lowest BCUT2D eigenvalue weighted by Gasteiger charge is -2.43. The van der Waals surface area contributed by atoms with E-state index in [0.29, 0.717) is 25.1 Å². The molecule has 0 N–H and O–H groups in total. The third-order valence-corrected chi connectivity index (χ3v) is 12.9. The van der Waals surface area contributed by atoms with Gasteiger partial charge in [0.25, 0.3) is 8.32 Å². The molecule has 2 aromatic carbocycles. The van der Waals surface area contributed by atoms with Gasteiger partial charge in [-0.05, 0) is 54.9 Å². The van der Waals surface area contributed by atoms with Crippen molar-refractivity contribution in [1.29, 1.82) is 0 Å². The maximum atomic E-state index is 12.8. The summed E-state index contributed by atoms with van der Waals surface area (Å²) in [5, 5.41) is 2.55. The van der Waals surface area contributed by atoms with Crippen LogP contribution in [-0.4, -0.2) is 50.0 Å². The van der Waals surface area contributed by atoms with Crippen LogP contribution in [0.15, 0.2) is 60.7 Å². The van der Waals surface area contributed by atoms with Gasteiger partial charge in [0, 0.05) is 12.1 Å². The Morgan fingerprint density at radius 1 is 0.861 bits per heavy atom. The fraction of sp³-hybridized carbons (Fsp3) is 0.581. The van der Waals surface area contributed by atoms with E-state index in [4.69, 9.17) is 9.16 Å². The highest BCUT2D eigenvalue weighted by Gasteiger charge is 2.56. The second-order valence-electron chi connectivity index (χ2n) is 12.7. The summed E-state index contributed by atoms with van der Waals surface area (Å²) in [5.74, 6) is 0.519. The lowest BCUT2D eigenvalue weighted by atomic mass is 9.86. The topological polar surface area (TPSA) is 38.5 Å². The van der Waals surface area contributed by atoms with Crippen molar-refractivity contribution in [2.24, 2.45) is 5.92 Å². The van der Waals surface area contributed by atoms with Crippen LogP contribution in [0.5, 0.6) is 0 Å². The zero-order chi connectivity index (χ0) is 26.0. The number of benzene rings is 2. The van der Waals surface area contributed by atoms with Crippen LogP contribution >= 0.6 is 0 Å². The van der Waals surface area contributed by atoms with E-state index in [9.17, 15) is 4.79 Å². The van der Waals surface area contributed by atoms with E-state index in [-0.39, 0.29) is 17.0 Å². The molecule has 2 aliphatic rings. The van der Waals surface area contributed by atoms with E-state index in [0.717, 1.165) is 0 Å². The van der Waals surface area contributed by atoms with Crippen molar-refractivity contribution in [3.05, 3.63) is 60.7 Å². The molecule has 2 aromatic rings. The first-order chi connectivity index (χ1) is 17.0. The molecule has 1 aliphatic heterocycles. The van der Waals surface area contributed by atoms with Crippen LogP contribution in [0.2, 0.25) is 5.04 Å². The van der Waals surface area contributed by atoms with Crippen molar-refractivity contribution in [1.82, 2.24) is 4.90 Å². The SMILES string of the molecule is CC(C)(C)OC(=O)CN1[C@@H](CO[Si](c2ccccc2)(c2ccccc2)C(C)(C)C)[C@@H]1C1CCCCC1. The number of esters is 1. The number of rotatable bonds is 8. The van der Waals surface area contributed by atoms with E-state index in [1.165, 1.54) is 42.5 Å². The van der Waals surface area contributed by atoms with E-state index in [1.807, 2.05) is 20.8 Å². The molecule has 36 heavy (non-hydrogen) atoms. The van der Waals surface area contributed by atoms with Gasteiger partial charge in [-0.25, -0.2) is 0 Å². The molecule has 3 atom stereocenters. The molecule has 0 radical (unpaired) electrons. The van der Waals surface area contributed by atoms with Crippen molar-refractivity contribution in [3.63, 3.8) is 0 Å². The Morgan fingerprint density at radius 2 is 1.39 bits per heavy atom. The Labute approximate surface area is 219 Å². The van der Waals surface area contributed by atoms with Gasteiger partial charge in [-0.1, -0.05) is 101 Å². The average molecular weight is 508 g/mol. The smallest absolute Gasteiger partial charge is 0.320 e. The van der Waals surface area contributed by atoms with E-state index in [2.05, 4.69) is 86.3 Å². The van der Waals surface area contributed by atoms with Crippen molar-refractivity contribution in [3.8, 4) is 0 Å². The second kappa shape index (κ2) is 10.8. The minimum atomic E-state index is -2.60. The molecule has 196 valence electrons. The van der Waals surface area contributed by atoms with E-state index in [1.54, 1.807) is 0 Å². The molecule has 2 fully saturated rings. The van der Waals surface area contributed by atoms with E-state index >= 15 is 0 Å². The highest BCUT2D eigenvalue weighted by molar-refractivity contribution is 6.99. The zero-order valence-corrected chi connectivity index (χ0v) is 24.1. The minimum absolute atomic E-state index is 0.0546. The molecule has 0 spiro atoms. The number of hydrogen-bond donors (Lipinski definition) is 0. The maximum Gasteiger partial charge on any atom is 0.320 e. The molecule has 1 unspecified atom stereocenters. The summed E-state index contributed by atoms with van der Waals surface area (Å²) < 4.78 is 13.0. The van der Waals surface area contributed by atoms with Crippen LogP contribution in [0.4, 0.5) is 0 Å². The van der Waals surface area contributed by atoms with Gasteiger partial charge in [0.2, 0.25) is 0 Å². The Balaban J connectivity index is 1.61. The maximum absolute atomic E-state index is 12.8. The fourth-order valence-electron chi connectivity index (χ4n) is 6.33. The summed E-state index contributed by atoms with van der Waals surface area (Å²) >= 11 is 0. The number of nitrogens with zero attached hydrogens (tertiary/aromatic N) is 1. The highest BCUT2D eigenvalue weighted by atomic mass is 28.4. The Morgan fingerprint density at radius 3 is 1.86 bits per heavy atom. The fourth-order valence-corrected chi connectivity index (χ4v) is 10.9. The molecular formula is C31H45NO3Si. The molecule has 0 amide bonds. The van der Waals surface area contributed by atoms with Gasteiger partial charge >= 0.3 is 5.97 Å². The first-order valence-corrected chi connectivity index (χ1v) is 15.7. The van der Waals surface area contributed by atoms with Gasteiger partial charge in [0.1, 0.15) is 5.60 Å². The number of hydrogen-bond acceptors (Lipinski definition) is 4. The molecule has 1 saturated carbocycles. The van der Waals surface area contributed by atoms with Crippen LogP contribution in [0.1, 0.15) is 73.6 Å². The quantitative estimate of drug-likeness (QED) is 0.267. The summed E-state index contributed by atoms with van der Waals surface area (Å²) in [4.78, 5) is 15.2. The van der Waals surface area contributed by atoms with Crippen molar-refractivity contribution in [2.45, 2.75) is 96.4 Å². The van der Waals surface area contributed by atoms with Crippen molar-refractivity contribution < 1.29 is 14.0 Å². The lowest BCUT2D eigenvalue weighted by Crippen LogP contribution is -2.67. The highest BCUT2D eigenvalue weighted by Crippen LogP contribution is 2.43. The van der Waals surface area contributed by atoms with Crippen molar-refractivity contribution in [2.75, 3.05) is 13.2 Å². The number of carbonyl (C=O) groups excluding carboxylic acids is 1. The monoisotopic (exact) mass is 507 g/mol.